The third-order valence-electron chi connectivity index (χ3n) is 5.36. The van der Waals surface area contributed by atoms with Crippen LogP contribution in [0.15, 0.2) is 59.9 Å². The smallest absolute Gasteiger partial charge is 0.296 e. The maximum absolute atomic E-state index is 13.1. The average Bonchev–Trinajstić information content (AvgIpc) is 3.23. The summed E-state index contributed by atoms with van der Waals surface area (Å²) >= 11 is 0. The Labute approximate surface area is 178 Å². The predicted molar refractivity (Wildman–Crippen MR) is 112 cm³/mol. The summed E-state index contributed by atoms with van der Waals surface area (Å²) in [5, 5.41) is 4.95. The highest BCUT2D eigenvalue weighted by molar-refractivity contribution is 5.86. The van der Waals surface area contributed by atoms with Crippen molar-refractivity contribution in [2.45, 2.75) is 13.1 Å². The van der Waals surface area contributed by atoms with E-state index in [0.29, 0.717) is 22.2 Å². The minimum Gasteiger partial charge on any atom is -0.296 e. The van der Waals surface area contributed by atoms with E-state index in [9.17, 15) is 18.0 Å². The zero-order valence-corrected chi connectivity index (χ0v) is 16.9. The van der Waals surface area contributed by atoms with Gasteiger partial charge < -0.3 is 0 Å². The second-order valence-corrected chi connectivity index (χ2v) is 7.35. The number of aryl methyl sites for hydroxylation is 2. The van der Waals surface area contributed by atoms with Gasteiger partial charge in [0.05, 0.1) is 16.6 Å². The molecular formula is C22H15F3N6O. The fraction of sp³-hybridized carbons (Fsp3) is 0.136. The highest BCUT2D eigenvalue weighted by Gasteiger charge is 2.32. The molecule has 0 spiro atoms. The monoisotopic (exact) mass is 436 g/mol. The Morgan fingerprint density at radius 1 is 1.00 bits per heavy atom. The quantitative estimate of drug-likeness (QED) is 0.418. The highest BCUT2D eigenvalue weighted by atomic mass is 19.4. The van der Waals surface area contributed by atoms with Gasteiger partial charge in [-0.05, 0) is 36.8 Å². The van der Waals surface area contributed by atoms with Crippen LogP contribution in [-0.2, 0) is 13.2 Å². The molecule has 160 valence electrons. The van der Waals surface area contributed by atoms with Gasteiger partial charge in [0, 0.05) is 42.3 Å². The molecule has 0 radical (unpaired) electrons. The molecule has 0 bridgehead atoms. The lowest BCUT2D eigenvalue weighted by Gasteiger charge is -2.09. The first-order valence-corrected chi connectivity index (χ1v) is 9.57. The molecule has 4 aromatic heterocycles. The van der Waals surface area contributed by atoms with Crippen molar-refractivity contribution in [3.63, 3.8) is 0 Å². The second kappa shape index (κ2) is 6.98. The van der Waals surface area contributed by atoms with Crippen LogP contribution >= 0.6 is 0 Å². The molecule has 0 aliphatic carbocycles. The standard InChI is InChI=1S/C22H15F3N6O/c1-12-16(10-26-11-28-12)13-3-4-15-18(7-13)31-20(30(2)21(15)32)9-17(29-31)14-5-6-27-19(8-14)22(23,24)25/h3-11H,1-2H3. The summed E-state index contributed by atoms with van der Waals surface area (Å²) in [6.45, 7) is 1.86. The van der Waals surface area contributed by atoms with E-state index in [-0.39, 0.29) is 11.1 Å². The van der Waals surface area contributed by atoms with Crippen molar-refractivity contribution in [2.75, 3.05) is 0 Å². The van der Waals surface area contributed by atoms with E-state index in [2.05, 4.69) is 20.1 Å². The van der Waals surface area contributed by atoms with E-state index in [1.807, 2.05) is 13.0 Å². The van der Waals surface area contributed by atoms with Crippen molar-refractivity contribution in [1.82, 2.24) is 29.1 Å². The lowest BCUT2D eigenvalue weighted by Crippen LogP contribution is -2.19. The minimum atomic E-state index is -4.57. The van der Waals surface area contributed by atoms with Gasteiger partial charge in [-0.2, -0.15) is 18.3 Å². The second-order valence-electron chi connectivity index (χ2n) is 7.35. The maximum Gasteiger partial charge on any atom is 0.433 e. The Balaban J connectivity index is 1.77. The number of hydrogen-bond donors (Lipinski definition) is 0. The Morgan fingerprint density at radius 2 is 1.81 bits per heavy atom. The van der Waals surface area contributed by atoms with E-state index in [1.54, 1.807) is 36.0 Å². The molecule has 1 aromatic carbocycles. The Bertz CT molecular complexity index is 1570. The van der Waals surface area contributed by atoms with Crippen molar-refractivity contribution in [1.29, 1.82) is 0 Å². The molecule has 7 nitrogen and oxygen atoms in total. The fourth-order valence-electron chi connectivity index (χ4n) is 3.69. The number of rotatable bonds is 2. The third kappa shape index (κ3) is 3.11. The zero-order valence-electron chi connectivity index (χ0n) is 16.9. The predicted octanol–water partition coefficient (Wildman–Crippen LogP) is 4.03. The molecule has 0 atom stereocenters. The van der Waals surface area contributed by atoms with Gasteiger partial charge >= 0.3 is 6.18 Å². The van der Waals surface area contributed by atoms with E-state index >= 15 is 0 Å². The average molecular weight is 436 g/mol. The summed E-state index contributed by atoms with van der Waals surface area (Å²) in [4.78, 5) is 24.6. The molecule has 32 heavy (non-hydrogen) atoms. The van der Waals surface area contributed by atoms with Crippen LogP contribution in [0.4, 0.5) is 13.2 Å². The summed E-state index contributed by atoms with van der Waals surface area (Å²) in [6.07, 6.45) is -0.335. The van der Waals surface area contributed by atoms with E-state index in [4.69, 9.17) is 0 Å². The van der Waals surface area contributed by atoms with Gasteiger partial charge in [-0.3, -0.25) is 14.3 Å². The molecule has 0 amide bonds. The first-order chi connectivity index (χ1) is 15.2. The number of aromatic nitrogens is 6. The molecule has 0 saturated heterocycles. The molecule has 0 unspecified atom stereocenters. The van der Waals surface area contributed by atoms with Crippen LogP contribution < -0.4 is 5.56 Å². The summed E-state index contributed by atoms with van der Waals surface area (Å²) in [6, 6.07) is 9.30. The SMILES string of the molecule is Cc1ncncc1-c1ccc2c(=O)n(C)c3cc(-c4ccnc(C(F)(F)F)c4)nn3c2c1. The Morgan fingerprint density at radius 3 is 2.56 bits per heavy atom. The fourth-order valence-corrected chi connectivity index (χ4v) is 3.69. The Hall–Kier alpha value is -4.08. The minimum absolute atomic E-state index is 0.239. The summed E-state index contributed by atoms with van der Waals surface area (Å²) in [5.41, 5.74) is 2.65. The molecule has 10 heteroatoms. The van der Waals surface area contributed by atoms with Crippen LogP contribution in [0, 0.1) is 6.92 Å². The van der Waals surface area contributed by atoms with Gasteiger partial charge in [0.1, 0.15) is 17.7 Å². The largest absolute Gasteiger partial charge is 0.433 e. The summed E-state index contributed by atoms with van der Waals surface area (Å²) in [7, 11) is 1.60. The van der Waals surface area contributed by atoms with Crippen LogP contribution in [0.2, 0.25) is 0 Å². The van der Waals surface area contributed by atoms with E-state index in [1.165, 1.54) is 17.0 Å². The number of pyridine rings is 1. The van der Waals surface area contributed by atoms with Crippen LogP contribution in [0.1, 0.15) is 11.4 Å². The summed E-state index contributed by atoms with van der Waals surface area (Å²) in [5.74, 6) is 0. The first-order valence-electron chi connectivity index (χ1n) is 9.57. The molecule has 4 heterocycles. The Kier molecular flexibility index (Phi) is 4.33. The van der Waals surface area contributed by atoms with Gasteiger partial charge in [0.2, 0.25) is 0 Å². The molecular weight excluding hydrogens is 421 g/mol. The van der Waals surface area contributed by atoms with Gasteiger partial charge in [0.25, 0.3) is 5.56 Å². The van der Waals surface area contributed by atoms with Crippen molar-refractivity contribution >= 4 is 16.6 Å². The van der Waals surface area contributed by atoms with Crippen LogP contribution in [0.5, 0.6) is 0 Å². The molecule has 0 N–H and O–H groups in total. The normalized spacial score (nSPS) is 12.0. The van der Waals surface area contributed by atoms with Crippen LogP contribution in [-0.4, -0.2) is 29.1 Å². The molecule has 5 aromatic rings. The molecule has 0 aliphatic rings. The number of benzene rings is 1. The number of nitrogens with zero attached hydrogens (tertiary/aromatic N) is 6. The van der Waals surface area contributed by atoms with Crippen molar-refractivity contribution in [2.24, 2.45) is 7.05 Å². The number of halogens is 3. The van der Waals surface area contributed by atoms with Crippen molar-refractivity contribution in [3.05, 3.63) is 76.9 Å². The highest BCUT2D eigenvalue weighted by Crippen LogP contribution is 2.31. The van der Waals surface area contributed by atoms with E-state index < -0.39 is 11.9 Å². The topological polar surface area (TPSA) is 78.0 Å². The molecule has 5 rings (SSSR count). The number of alkyl halides is 3. The van der Waals surface area contributed by atoms with Gasteiger partial charge in [0.15, 0.2) is 0 Å². The maximum atomic E-state index is 13.1. The van der Waals surface area contributed by atoms with Gasteiger partial charge in [-0.15, -0.1) is 0 Å². The lowest BCUT2D eigenvalue weighted by molar-refractivity contribution is -0.141. The van der Waals surface area contributed by atoms with E-state index in [0.717, 1.165) is 29.1 Å². The lowest BCUT2D eigenvalue weighted by atomic mass is 10.0. The van der Waals surface area contributed by atoms with Crippen molar-refractivity contribution in [3.8, 4) is 22.4 Å². The van der Waals surface area contributed by atoms with Gasteiger partial charge in [-0.1, -0.05) is 6.07 Å². The first kappa shape index (κ1) is 19.9. The number of fused-ring (bicyclic) bond motifs is 3. The molecule has 0 saturated carbocycles. The third-order valence-corrected chi connectivity index (χ3v) is 5.36. The number of hydrogen-bond acceptors (Lipinski definition) is 5. The summed E-state index contributed by atoms with van der Waals surface area (Å²) < 4.78 is 42.3. The van der Waals surface area contributed by atoms with Gasteiger partial charge in [-0.25, -0.2) is 14.5 Å². The molecule has 0 fully saturated rings. The van der Waals surface area contributed by atoms with Crippen LogP contribution in [0.25, 0.3) is 38.9 Å². The molecule has 0 aliphatic heterocycles. The van der Waals surface area contributed by atoms with Crippen molar-refractivity contribution < 1.29 is 13.2 Å². The van der Waals surface area contributed by atoms with Crippen LogP contribution in [0.3, 0.4) is 0 Å². The zero-order chi connectivity index (χ0) is 22.6.